The minimum atomic E-state index is 0.0788. The molecule has 0 aliphatic carbocycles. The summed E-state index contributed by atoms with van der Waals surface area (Å²) < 4.78 is 5.13. The van der Waals surface area contributed by atoms with E-state index >= 15 is 0 Å². The first kappa shape index (κ1) is 15.4. The number of hydrogen-bond acceptors (Lipinski definition) is 3. The Bertz CT molecular complexity index is 640. The molecule has 0 radical (unpaired) electrons. The Labute approximate surface area is 137 Å². The molecule has 1 aliphatic rings. The molecule has 4 heteroatoms. The SMILES string of the molecule is COc1ccc(CC(=O)N[C@H]2CCN(c3ccccc3)C2)cc1. The van der Waals surface area contributed by atoms with Crippen LogP contribution in [0.2, 0.25) is 0 Å². The van der Waals surface area contributed by atoms with Crippen LogP contribution < -0.4 is 15.0 Å². The highest BCUT2D eigenvalue weighted by Crippen LogP contribution is 2.19. The van der Waals surface area contributed by atoms with Gasteiger partial charge in [-0.15, -0.1) is 0 Å². The molecule has 4 nitrogen and oxygen atoms in total. The van der Waals surface area contributed by atoms with Gasteiger partial charge < -0.3 is 15.0 Å². The summed E-state index contributed by atoms with van der Waals surface area (Å²) in [7, 11) is 1.64. The van der Waals surface area contributed by atoms with Crippen molar-refractivity contribution >= 4 is 11.6 Å². The average molecular weight is 310 g/mol. The van der Waals surface area contributed by atoms with Gasteiger partial charge in [0.1, 0.15) is 5.75 Å². The highest BCUT2D eigenvalue weighted by atomic mass is 16.5. The Hall–Kier alpha value is -2.49. The molecule has 1 amide bonds. The van der Waals surface area contributed by atoms with E-state index < -0.39 is 0 Å². The number of hydrogen-bond donors (Lipinski definition) is 1. The van der Waals surface area contributed by atoms with E-state index in [1.54, 1.807) is 7.11 Å². The van der Waals surface area contributed by atoms with Crippen molar-refractivity contribution in [2.24, 2.45) is 0 Å². The number of nitrogens with zero attached hydrogens (tertiary/aromatic N) is 1. The normalized spacial score (nSPS) is 17.1. The highest BCUT2D eigenvalue weighted by molar-refractivity contribution is 5.79. The van der Waals surface area contributed by atoms with E-state index in [0.29, 0.717) is 6.42 Å². The van der Waals surface area contributed by atoms with E-state index in [0.717, 1.165) is 30.8 Å². The van der Waals surface area contributed by atoms with Crippen LogP contribution in [0.3, 0.4) is 0 Å². The van der Waals surface area contributed by atoms with Crippen LogP contribution >= 0.6 is 0 Å². The summed E-state index contributed by atoms with van der Waals surface area (Å²) in [5.74, 6) is 0.888. The van der Waals surface area contributed by atoms with E-state index in [9.17, 15) is 4.79 Å². The van der Waals surface area contributed by atoms with Gasteiger partial charge in [-0.25, -0.2) is 0 Å². The Kier molecular flexibility index (Phi) is 4.81. The largest absolute Gasteiger partial charge is 0.497 e. The van der Waals surface area contributed by atoms with Gasteiger partial charge >= 0.3 is 0 Å². The maximum absolute atomic E-state index is 12.2. The maximum atomic E-state index is 12.2. The highest BCUT2D eigenvalue weighted by Gasteiger charge is 2.23. The third-order valence-corrected chi connectivity index (χ3v) is 4.20. The monoisotopic (exact) mass is 310 g/mol. The van der Waals surface area contributed by atoms with Gasteiger partial charge in [-0.1, -0.05) is 30.3 Å². The standard InChI is InChI=1S/C19H22N2O2/c1-23-18-9-7-15(8-10-18)13-19(22)20-16-11-12-21(14-16)17-5-3-2-4-6-17/h2-10,16H,11-14H2,1H3,(H,20,22)/t16-/m0/s1. The first-order valence-corrected chi connectivity index (χ1v) is 7.97. The van der Waals surface area contributed by atoms with Gasteiger partial charge in [0, 0.05) is 24.8 Å². The van der Waals surface area contributed by atoms with E-state index in [2.05, 4.69) is 22.3 Å². The minimum absolute atomic E-state index is 0.0788. The fraction of sp³-hybridized carbons (Fsp3) is 0.316. The fourth-order valence-electron chi connectivity index (χ4n) is 2.96. The number of nitrogens with one attached hydrogen (secondary N) is 1. The lowest BCUT2D eigenvalue weighted by Crippen LogP contribution is -2.37. The zero-order valence-corrected chi connectivity index (χ0v) is 13.4. The first-order chi connectivity index (χ1) is 11.2. The summed E-state index contributed by atoms with van der Waals surface area (Å²) in [5, 5.41) is 3.14. The molecule has 23 heavy (non-hydrogen) atoms. The van der Waals surface area contributed by atoms with E-state index in [-0.39, 0.29) is 11.9 Å². The summed E-state index contributed by atoms with van der Waals surface area (Å²) in [6.45, 7) is 1.86. The van der Waals surface area contributed by atoms with Crippen LogP contribution in [0.15, 0.2) is 54.6 Å². The Morgan fingerprint density at radius 3 is 2.61 bits per heavy atom. The number of carbonyl (C=O) groups excluding carboxylic acids is 1. The molecule has 1 heterocycles. The minimum Gasteiger partial charge on any atom is -0.497 e. The van der Waals surface area contributed by atoms with Crippen molar-refractivity contribution in [2.45, 2.75) is 18.9 Å². The zero-order chi connectivity index (χ0) is 16.1. The zero-order valence-electron chi connectivity index (χ0n) is 13.4. The molecule has 0 unspecified atom stereocenters. The molecule has 2 aromatic carbocycles. The predicted molar refractivity (Wildman–Crippen MR) is 91.9 cm³/mol. The third-order valence-electron chi connectivity index (χ3n) is 4.20. The van der Waals surface area contributed by atoms with Crippen LogP contribution in [0.1, 0.15) is 12.0 Å². The van der Waals surface area contributed by atoms with E-state index in [4.69, 9.17) is 4.74 Å². The Balaban J connectivity index is 1.50. The molecule has 2 aromatic rings. The summed E-state index contributed by atoms with van der Waals surface area (Å²) in [5.41, 5.74) is 2.22. The molecular formula is C19H22N2O2. The van der Waals surface area contributed by atoms with Crippen molar-refractivity contribution in [1.29, 1.82) is 0 Å². The second-order valence-electron chi connectivity index (χ2n) is 5.86. The van der Waals surface area contributed by atoms with Crippen LogP contribution in [0, 0.1) is 0 Å². The molecule has 1 N–H and O–H groups in total. The smallest absolute Gasteiger partial charge is 0.224 e. The Morgan fingerprint density at radius 2 is 1.91 bits per heavy atom. The van der Waals surface area contributed by atoms with Crippen molar-refractivity contribution in [3.05, 3.63) is 60.2 Å². The summed E-state index contributed by atoms with van der Waals surface area (Å²) >= 11 is 0. The van der Waals surface area contributed by atoms with Crippen molar-refractivity contribution in [1.82, 2.24) is 5.32 Å². The molecule has 1 atom stereocenters. The van der Waals surface area contributed by atoms with Crippen LogP contribution in [-0.4, -0.2) is 32.1 Å². The van der Waals surface area contributed by atoms with Crippen molar-refractivity contribution in [3.8, 4) is 5.75 Å². The molecule has 0 bridgehead atoms. The predicted octanol–water partition coefficient (Wildman–Crippen LogP) is 2.63. The van der Waals surface area contributed by atoms with Gasteiger partial charge in [-0.3, -0.25) is 4.79 Å². The van der Waals surface area contributed by atoms with Crippen LogP contribution in [0.5, 0.6) is 5.75 Å². The van der Waals surface area contributed by atoms with Gasteiger partial charge in [-0.2, -0.15) is 0 Å². The lowest BCUT2D eigenvalue weighted by molar-refractivity contribution is -0.121. The number of amides is 1. The van der Waals surface area contributed by atoms with Crippen molar-refractivity contribution in [3.63, 3.8) is 0 Å². The van der Waals surface area contributed by atoms with Gasteiger partial charge in [0.05, 0.1) is 13.5 Å². The number of para-hydroxylation sites is 1. The molecule has 1 saturated heterocycles. The van der Waals surface area contributed by atoms with E-state index in [1.807, 2.05) is 42.5 Å². The molecule has 120 valence electrons. The number of anilines is 1. The first-order valence-electron chi connectivity index (χ1n) is 7.97. The quantitative estimate of drug-likeness (QED) is 0.923. The van der Waals surface area contributed by atoms with Crippen molar-refractivity contribution < 1.29 is 9.53 Å². The lowest BCUT2D eigenvalue weighted by Gasteiger charge is -2.19. The molecular weight excluding hydrogens is 288 g/mol. The molecule has 3 rings (SSSR count). The number of carbonyl (C=O) groups is 1. The Morgan fingerprint density at radius 1 is 1.17 bits per heavy atom. The maximum Gasteiger partial charge on any atom is 0.224 e. The van der Waals surface area contributed by atoms with Crippen LogP contribution in [0.4, 0.5) is 5.69 Å². The summed E-state index contributed by atoms with van der Waals surface area (Å²) in [4.78, 5) is 14.5. The average Bonchev–Trinajstić information content (AvgIpc) is 3.04. The van der Waals surface area contributed by atoms with Gasteiger partial charge in [-0.05, 0) is 36.2 Å². The fourth-order valence-corrected chi connectivity index (χ4v) is 2.96. The topological polar surface area (TPSA) is 41.6 Å². The van der Waals surface area contributed by atoms with E-state index in [1.165, 1.54) is 5.69 Å². The van der Waals surface area contributed by atoms with Crippen LogP contribution in [0.25, 0.3) is 0 Å². The third kappa shape index (κ3) is 4.03. The van der Waals surface area contributed by atoms with Crippen LogP contribution in [-0.2, 0) is 11.2 Å². The van der Waals surface area contributed by atoms with Gasteiger partial charge in [0.2, 0.25) is 5.91 Å². The molecule has 1 fully saturated rings. The molecule has 0 aromatic heterocycles. The summed E-state index contributed by atoms with van der Waals surface area (Å²) in [6, 6.07) is 18.2. The number of ether oxygens (including phenoxy) is 1. The number of methoxy groups -OCH3 is 1. The molecule has 1 aliphatic heterocycles. The lowest BCUT2D eigenvalue weighted by atomic mass is 10.1. The second-order valence-corrected chi connectivity index (χ2v) is 5.86. The molecule has 0 spiro atoms. The molecule has 0 saturated carbocycles. The second kappa shape index (κ2) is 7.18. The number of rotatable bonds is 5. The van der Waals surface area contributed by atoms with Crippen molar-refractivity contribution in [2.75, 3.05) is 25.1 Å². The van der Waals surface area contributed by atoms with Gasteiger partial charge in [0.15, 0.2) is 0 Å². The van der Waals surface area contributed by atoms with Gasteiger partial charge in [0.25, 0.3) is 0 Å². The summed E-state index contributed by atoms with van der Waals surface area (Å²) in [6.07, 6.45) is 1.40. The number of benzene rings is 2.